The highest BCUT2D eigenvalue weighted by molar-refractivity contribution is 7.80. The van der Waals surface area contributed by atoms with Gasteiger partial charge in [0.25, 0.3) is 11.8 Å². The summed E-state index contributed by atoms with van der Waals surface area (Å²) in [7, 11) is 0. The summed E-state index contributed by atoms with van der Waals surface area (Å²) in [6.07, 6.45) is 1.09. The van der Waals surface area contributed by atoms with Crippen LogP contribution in [0.15, 0.2) is 66.4 Å². The zero-order chi connectivity index (χ0) is 21.9. The van der Waals surface area contributed by atoms with E-state index < -0.39 is 17.8 Å². The smallest absolute Gasteiger partial charge is 0.345 e. The highest BCUT2D eigenvalue weighted by Gasteiger charge is 2.20. The molecule has 0 fully saturated rings. The average Bonchev–Trinajstić information content (AvgIpc) is 2.74. The number of hydrogen-bond donors (Lipinski definition) is 4. The summed E-state index contributed by atoms with van der Waals surface area (Å²) in [5.41, 5.74) is 5.02. The number of amides is 2. The van der Waals surface area contributed by atoms with E-state index in [1.165, 1.54) is 0 Å². The molecule has 4 N–H and O–H groups in total. The van der Waals surface area contributed by atoms with Crippen LogP contribution in [0.1, 0.15) is 17.3 Å². The van der Waals surface area contributed by atoms with Crippen molar-refractivity contribution in [2.45, 2.75) is 6.92 Å². The molecule has 0 heterocycles. The lowest BCUT2D eigenvalue weighted by Crippen LogP contribution is -2.44. The van der Waals surface area contributed by atoms with E-state index >= 15 is 0 Å². The van der Waals surface area contributed by atoms with Crippen LogP contribution in [0.4, 0.5) is 5.69 Å². The largest absolute Gasteiger partial charge is 0.462 e. The van der Waals surface area contributed by atoms with Crippen LogP contribution in [0.2, 0.25) is 5.02 Å². The minimum Gasteiger partial charge on any atom is -0.462 e. The van der Waals surface area contributed by atoms with Gasteiger partial charge in [-0.15, -0.1) is 0 Å². The van der Waals surface area contributed by atoms with Gasteiger partial charge in [-0.2, -0.15) is 0 Å². The lowest BCUT2D eigenvalue weighted by atomic mass is 10.2. The number of carbonyl (C=O) groups is 3. The van der Waals surface area contributed by atoms with Gasteiger partial charge in [0, 0.05) is 22.5 Å². The van der Waals surface area contributed by atoms with Gasteiger partial charge in [0.05, 0.1) is 6.61 Å². The van der Waals surface area contributed by atoms with Crippen LogP contribution < -0.4 is 21.5 Å². The molecular weight excluding hydrogens is 428 g/mol. The Kier molecular flexibility index (Phi) is 8.79. The molecule has 0 radical (unpaired) electrons. The molecule has 0 aromatic heterocycles. The Bertz CT molecular complexity index is 949. The monoisotopic (exact) mass is 446 g/mol. The Morgan fingerprint density at radius 2 is 1.70 bits per heavy atom. The van der Waals surface area contributed by atoms with E-state index in [1.807, 2.05) is 0 Å². The minimum absolute atomic E-state index is 0.0628. The summed E-state index contributed by atoms with van der Waals surface area (Å²) in [5.74, 6) is -2.30. The predicted octanol–water partition coefficient (Wildman–Crippen LogP) is 2.53. The van der Waals surface area contributed by atoms with Gasteiger partial charge in [-0.1, -0.05) is 29.8 Å². The van der Waals surface area contributed by atoms with E-state index in [0.717, 1.165) is 6.20 Å². The van der Waals surface area contributed by atoms with Crippen LogP contribution in [0.25, 0.3) is 0 Å². The van der Waals surface area contributed by atoms with Gasteiger partial charge in [0.1, 0.15) is 5.57 Å². The topological polar surface area (TPSA) is 109 Å². The summed E-state index contributed by atoms with van der Waals surface area (Å²) >= 11 is 11.0. The number of ether oxygens (including phenoxy) is 1. The Labute approximate surface area is 183 Å². The SMILES string of the molecule is CCOC(=O)/C(=C\NC(=S)Nc1ccc(Cl)cc1)C(=O)NNC(=O)c1ccccc1. The third kappa shape index (κ3) is 7.19. The number of carbonyl (C=O) groups excluding carboxylic acids is 3. The van der Waals surface area contributed by atoms with Gasteiger partial charge in [0.15, 0.2) is 5.11 Å². The average molecular weight is 447 g/mol. The van der Waals surface area contributed by atoms with Crippen LogP contribution in [-0.4, -0.2) is 29.5 Å². The molecule has 0 aliphatic rings. The van der Waals surface area contributed by atoms with Gasteiger partial charge in [-0.05, 0) is 55.5 Å². The Hall–Kier alpha value is -3.43. The first-order chi connectivity index (χ1) is 14.4. The molecule has 0 bridgehead atoms. The van der Waals surface area contributed by atoms with Gasteiger partial charge in [-0.3, -0.25) is 20.4 Å². The van der Waals surface area contributed by atoms with Gasteiger partial charge < -0.3 is 15.4 Å². The highest BCUT2D eigenvalue weighted by Crippen LogP contribution is 2.13. The van der Waals surface area contributed by atoms with E-state index in [2.05, 4.69) is 21.5 Å². The van der Waals surface area contributed by atoms with E-state index in [-0.39, 0.29) is 17.3 Å². The molecule has 156 valence electrons. The molecule has 8 nitrogen and oxygen atoms in total. The fourth-order valence-corrected chi connectivity index (χ4v) is 2.41. The molecule has 0 spiro atoms. The molecule has 10 heteroatoms. The third-order valence-corrected chi connectivity index (χ3v) is 3.99. The number of halogens is 1. The molecule has 0 saturated heterocycles. The van der Waals surface area contributed by atoms with Crippen molar-refractivity contribution >= 4 is 52.4 Å². The van der Waals surface area contributed by atoms with Crippen molar-refractivity contribution in [3.63, 3.8) is 0 Å². The standard InChI is InChI=1S/C20H19ClN4O4S/c1-2-29-19(28)16(12-22-20(30)23-15-10-8-14(21)9-11-15)18(27)25-24-17(26)13-6-4-3-5-7-13/h3-12H,2H2,1H3,(H,24,26)(H,25,27)(H2,22,23,30)/b16-12-. The van der Waals surface area contributed by atoms with E-state index in [0.29, 0.717) is 16.3 Å². The first kappa shape index (κ1) is 22.9. The maximum absolute atomic E-state index is 12.4. The quantitative estimate of drug-likeness (QED) is 0.135. The van der Waals surface area contributed by atoms with Crippen molar-refractivity contribution in [1.29, 1.82) is 0 Å². The van der Waals surface area contributed by atoms with Gasteiger partial charge >= 0.3 is 5.97 Å². The number of nitrogens with one attached hydrogen (secondary N) is 4. The molecule has 30 heavy (non-hydrogen) atoms. The number of hydrogen-bond acceptors (Lipinski definition) is 5. The molecular formula is C20H19ClN4O4S. The van der Waals surface area contributed by atoms with E-state index in [1.54, 1.807) is 61.5 Å². The van der Waals surface area contributed by atoms with Crippen molar-refractivity contribution in [2.24, 2.45) is 0 Å². The number of esters is 1. The van der Waals surface area contributed by atoms with Gasteiger partial charge in [0.2, 0.25) is 0 Å². The Morgan fingerprint density at radius 1 is 1.03 bits per heavy atom. The first-order valence-corrected chi connectivity index (χ1v) is 9.55. The van der Waals surface area contributed by atoms with E-state index in [4.69, 9.17) is 28.6 Å². The normalized spacial score (nSPS) is 10.5. The summed E-state index contributed by atoms with van der Waals surface area (Å²) in [4.78, 5) is 36.6. The lowest BCUT2D eigenvalue weighted by Gasteiger charge is -2.11. The molecule has 0 atom stereocenters. The fraction of sp³-hybridized carbons (Fsp3) is 0.100. The zero-order valence-electron chi connectivity index (χ0n) is 15.9. The second-order valence-electron chi connectivity index (χ2n) is 5.66. The summed E-state index contributed by atoms with van der Waals surface area (Å²) in [6.45, 7) is 1.66. The molecule has 2 rings (SSSR count). The van der Waals surface area contributed by atoms with Crippen molar-refractivity contribution in [2.75, 3.05) is 11.9 Å². The molecule has 0 aliphatic carbocycles. The van der Waals surface area contributed by atoms with Crippen LogP contribution in [0.3, 0.4) is 0 Å². The number of anilines is 1. The van der Waals surface area contributed by atoms with E-state index in [9.17, 15) is 14.4 Å². The molecule has 0 saturated carbocycles. The maximum atomic E-state index is 12.4. The molecule has 0 aliphatic heterocycles. The van der Waals surface area contributed by atoms with Crippen molar-refractivity contribution in [3.05, 3.63) is 77.0 Å². The Balaban J connectivity index is 2.01. The fourth-order valence-electron chi connectivity index (χ4n) is 2.11. The number of hydrazine groups is 1. The molecule has 2 aromatic carbocycles. The third-order valence-electron chi connectivity index (χ3n) is 3.52. The highest BCUT2D eigenvalue weighted by atomic mass is 35.5. The van der Waals surface area contributed by atoms with Crippen LogP contribution in [0, 0.1) is 0 Å². The second kappa shape index (κ2) is 11.5. The second-order valence-corrected chi connectivity index (χ2v) is 6.50. The van der Waals surface area contributed by atoms with Crippen molar-refractivity contribution in [3.8, 4) is 0 Å². The summed E-state index contributed by atoms with van der Waals surface area (Å²) in [6, 6.07) is 15.0. The molecule has 2 aromatic rings. The summed E-state index contributed by atoms with van der Waals surface area (Å²) in [5, 5.41) is 6.20. The van der Waals surface area contributed by atoms with Crippen LogP contribution >= 0.6 is 23.8 Å². The Morgan fingerprint density at radius 3 is 2.33 bits per heavy atom. The molecule has 2 amide bonds. The summed E-state index contributed by atoms with van der Waals surface area (Å²) < 4.78 is 4.88. The number of benzene rings is 2. The first-order valence-electron chi connectivity index (χ1n) is 8.76. The van der Waals surface area contributed by atoms with Crippen LogP contribution in [-0.2, 0) is 14.3 Å². The number of rotatable bonds is 6. The zero-order valence-corrected chi connectivity index (χ0v) is 17.5. The van der Waals surface area contributed by atoms with Crippen molar-refractivity contribution < 1.29 is 19.1 Å². The van der Waals surface area contributed by atoms with Crippen LogP contribution in [0.5, 0.6) is 0 Å². The van der Waals surface area contributed by atoms with Crippen molar-refractivity contribution in [1.82, 2.24) is 16.2 Å². The predicted molar refractivity (Wildman–Crippen MR) is 118 cm³/mol. The minimum atomic E-state index is -0.884. The van der Waals surface area contributed by atoms with Gasteiger partial charge in [-0.25, -0.2) is 4.79 Å². The maximum Gasteiger partial charge on any atom is 0.345 e. The number of thiocarbonyl (C=S) groups is 1. The lowest BCUT2D eigenvalue weighted by molar-refractivity contribution is -0.140. The molecule has 0 unspecified atom stereocenters.